The molecule has 0 aliphatic carbocycles. The lowest BCUT2D eigenvalue weighted by Gasteiger charge is -2.04. The summed E-state index contributed by atoms with van der Waals surface area (Å²) in [6.07, 6.45) is 0.911. The van der Waals surface area contributed by atoms with Crippen LogP contribution in [0.15, 0.2) is 30.3 Å². The number of benzene rings is 1. The lowest BCUT2D eigenvalue weighted by Crippen LogP contribution is -2.04. The Hall–Kier alpha value is -0.643. The van der Waals surface area contributed by atoms with Crippen LogP contribution >= 0.6 is 0 Å². The van der Waals surface area contributed by atoms with E-state index in [0.717, 1.165) is 6.23 Å². The highest BCUT2D eigenvalue weighted by Gasteiger charge is 1.90. The van der Waals surface area contributed by atoms with Crippen LogP contribution < -0.4 is 0 Å². The van der Waals surface area contributed by atoms with E-state index in [4.69, 9.17) is 9.47 Å². The summed E-state index contributed by atoms with van der Waals surface area (Å²) >= 11 is 0. The molecule has 0 aromatic heterocycles. The number of hydrogen-bond acceptors (Lipinski definition) is 2. The normalized spacial score (nSPS) is 11.2. The van der Waals surface area contributed by atoms with Crippen molar-refractivity contribution in [2.24, 2.45) is 0 Å². The summed E-state index contributed by atoms with van der Waals surface area (Å²) in [5.74, 6) is 0. The van der Waals surface area contributed by atoms with Gasteiger partial charge in [-0.15, -0.1) is 0 Å². The predicted octanol–water partition coefficient (Wildman–Crippen LogP) is 1.35. The van der Waals surface area contributed by atoms with Crippen LogP contribution in [0.25, 0.3) is 0 Å². The molecule has 0 spiro atoms. The fourth-order valence-corrected chi connectivity index (χ4v) is 1.40. The smallest absolute Gasteiger partial charge is 0.146 e. The number of hydrogen-bond donors (Lipinski definition) is 0. The van der Waals surface area contributed by atoms with Gasteiger partial charge in [0, 0.05) is 15.7 Å². The van der Waals surface area contributed by atoms with Gasteiger partial charge in [-0.1, -0.05) is 36.9 Å². The van der Waals surface area contributed by atoms with Crippen LogP contribution in [0.5, 0.6) is 0 Å². The Balaban J connectivity index is 2.07. The molecule has 13 heavy (non-hydrogen) atoms. The van der Waals surface area contributed by atoms with Crippen molar-refractivity contribution < 1.29 is 9.47 Å². The fraction of sp³-hybridized carbons (Fsp3) is 0.400. The maximum absolute atomic E-state index is 5.32. The second kappa shape index (κ2) is 6.83. The molecule has 0 radical (unpaired) electrons. The third-order valence-electron chi connectivity index (χ3n) is 1.63. The topological polar surface area (TPSA) is 18.5 Å². The van der Waals surface area contributed by atoms with E-state index >= 15 is 0 Å². The molecule has 1 rings (SSSR count). The molecule has 0 bridgehead atoms. The molecule has 3 heteroatoms. The van der Waals surface area contributed by atoms with E-state index in [1.165, 1.54) is 5.56 Å². The quantitative estimate of drug-likeness (QED) is 0.388. The van der Waals surface area contributed by atoms with Gasteiger partial charge in [0.15, 0.2) is 0 Å². The summed E-state index contributed by atoms with van der Waals surface area (Å²) in [6, 6.07) is 10.1. The van der Waals surface area contributed by atoms with Crippen molar-refractivity contribution in [2.45, 2.75) is 13.2 Å². The van der Waals surface area contributed by atoms with E-state index < -0.39 is 0 Å². The summed E-state index contributed by atoms with van der Waals surface area (Å²) in [6.45, 7) is 3.29. The Kier molecular flexibility index (Phi) is 5.48. The molecule has 0 aliphatic heterocycles. The second-order valence-corrected chi connectivity index (χ2v) is 4.27. The molecule has 0 aliphatic rings. The maximum atomic E-state index is 5.32. The van der Waals surface area contributed by atoms with Crippen molar-refractivity contribution >= 4 is 9.52 Å². The van der Waals surface area contributed by atoms with Crippen LogP contribution in [0, 0.1) is 0 Å². The average Bonchev–Trinajstić information content (AvgIpc) is 2.19. The van der Waals surface area contributed by atoms with Gasteiger partial charge in [0.05, 0.1) is 6.61 Å². The molecule has 0 saturated carbocycles. The van der Waals surface area contributed by atoms with Crippen molar-refractivity contribution in [3.8, 4) is 0 Å². The summed E-state index contributed by atoms with van der Waals surface area (Å²) in [7, 11) is 0.0210. The molecular formula is C10H16O2Si. The van der Waals surface area contributed by atoms with Crippen molar-refractivity contribution in [2.75, 3.05) is 13.0 Å². The third kappa shape index (κ3) is 4.82. The van der Waals surface area contributed by atoms with Gasteiger partial charge < -0.3 is 9.47 Å². The SMILES string of the molecule is C[SiH2]COCOCc1ccccc1. The van der Waals surface area contributed by atoms with Gasteiger partial charge >= 0.3 is 0 Å². The Morgan fingerprint density at radius 1 is 1.15 bits per heavy atom. The van der Waals surface area contributed by atoms with Gasteiger partial charge in [0.25, 0.3) is 0 Å². The van der Waals surface area contributed by atoms with Crippen LogP contribution in [0.4, 0.5) is 0 Å². The van der Waals surface area contributed by atoms with E-state index in [1.807, 2.05) is 18.2 Å². The molecule has 0 heterocycles. The maximum Gasteiger partial charge on any atom is 0.146 e. The van der Waals surface area contributed by atoms with Crippen molar-refractivity contribution in [1.82, 2.24) is 0 Å². The molecule has 0 fully saturated rings. The number of ether oxygens (including phenoxy) is 2. The Morgan fingerprint density at radius 2 is 1.92 bits per heavy atom. The van der Waals surface area contributed by atoms with E-state index in [1.54, 1.807) is 0 Å². The zero-order valence-corrected chi connectivity index (χ0v) is 9.45. The van der Waals surface area contributed by atoms with E-state index in [9.17, 15) is 0 Å². The Bertz CT molecular complexity index is 213. The first kappa shape index (κ1) is 10.4. The molecular weight excluding hydrogens is 180 g/mol. The van der Waals surface area contributed by atoms with Crippen LogP contribution in [0.2, 0.25) is 6.55 Å². The summed E-state index contributed by atoms with van der Waals surface area (Å²) in [5.41, 5.74) is 1.19. The first-order valence-corrected chi connectivity index (χ1v) is 7.04. The van der Waals surface area contributed by atoms with Gasteiger partial charge in [-0.25, -0.2) is 0 Å². The first-order chi connectivity index (χ1) is 6.43. The summed E-state index contributed by atoms with van der Waals surface area (Å²) < 4.78 is 10.6. The molecule has 0 N–H and O–H groups in total. The highest BCUT2D eigenvalue weighted by molar-refractivity contribution is 6.33. The first-order valence-electron chi connectivity index (χ1n) is 4.63. The van der Waals surface area contributed by atoms with Crippen molar-refractivity contribution in [3.63, 3.8) is 0 Å². The van der Waals surface area contributed by atoms with E-state index in [-0.39, 0.29) is 9.52 Å². The lowest BCUT2D eigenvalue weighted by atomic mass is 10.2. The standard InChI is InChI=1S/C10H16O2Si/c1-13-9-12-8-11-7-10-5-3-2-4-6-10/h2-6H,7-9,13H2,1H3. The zero-order chi connectivity index (χ0) is 9.36. The van der Waals surface area contributed by atoms with Gasteiger partial charge in [-0.3, -0.25) is 0 Å². The van der Waals surface area contributed by atoms with Crippen LogP contribution in [0.1, 0.15) is 5.56 Å². The zero-order valence-electron chi connectivity index (χ0n) is 8.03. The highest BCUT2D eigenvalue weighted by Crippen LogP contribution is 1.99. The van der Waals surface area contributed by atoms with Crippen LogP contribution in [0.3, 0.4) is 0 Å². The number of rotatable bonds is 6. The monoisotopic (exact) mass is 196 g/mol. The highest BCUT2D eigenvalue weighted by atomic mass is 28.2. The minimum absolute atomic E-state index is 0.0210. The predicted molar refractivity (Wildman–Crippen MR) is 56.5 cm³/mol. The van der Waals surface area contributed by atoms with Crippen molar-refractivity contribution in [3.05, 3.63) is 35.9 Å². The summed E-state index contributed by atoms with van der Waals surface area (Å²) in [5, 5.41) is 0. The van der Waals surface area contributed by atoms with Gasteiger partial charge in [-0.05, 0) is 5.56 Å². The molecule has 0 unspecified atom stereocenters. The van der Waals surface area contributed by atoms with E-state index in [2.05, 4.69) is 18.7 Å². The third-order valence-corrected chi connectivity index (χ3v) is 2.32. The molecule has 72 valence electrons. The Morgan fingerprint density at radius 3 is 2.62 bits per heavy atom. The second-order valence-electron chi connectivity index (χ2n) is 2.86. The molecule has 0 amide bonds. The minimum Gasteiger partial charge on any atom is -0.359 e. The van der Waals surface area contributed by atoms with Crippen molar-refractivity contribution in [1.29, 1.82) is 0 Å². The van der Waals surface area contributed by atoms with Gasteiger partial charge in [-0.2, -0.15) is 0 Å². The molecule has 0 atom stereocenters. The fourth-order valence-electron chi connectivity index (χ4n) is 0.996. The van der Waals surface area contributed by atoms with Gasteiger partial charge in [0.2, 0.25) is 0 Å². The van der Waals surface area contributed by atoms with Crippen LogP contribution in [-0.4, -0.2) is 22.5 Å². The molecule has 1 aromatic rings. The van der Waals surface area contributed by atoms with Gasteiger partial charge in [0.1, 0.15) is 6.79 Å². The summed E-state index contributed by atoms with van der Waals surface area (Å²) in [4.78, 5) is 0. The lowest BCUT2D eigenvalue weighted by molar-refractivity contribution is -0.0467. The minimum atomic E-state index is 0.0210. The molecule has 0 saturated heterocycles. The van der Waals surface area contributed by atoms with Crippen LogP contribution in [-0.2, 0) is 16.1 Å². The largest absolute Gasteiger partial charge is 0.359 e. The average molecular weight is 196 g/mol. The van der Waals surface area contributed by atoms with E-state index in [0.29, 0.717) is 13.4 Å². The molecule has 1 aromatic carbocycles. The molecule has 2 nitrogen and oxygen atoms in total. The Labute approximate surface area is 81.7 Å².